The average molecular weight is 374 g/mol. The molecule has 0 saturated carbocycles. The van der Waals surface area contributed by atoms with Crippen LogP contribution in [0.5, 0.6) is 0 Å². The van der Waals surface area contributed by atoms with Crippen LogP contribution in [-0.4, -0.2) is 29.5 Å². The molecule has 0 radical (unpaired) electrons. The first-order chi connectivity index (χ1) is 11.1. The Kier molecular flexibility index (Phi) is 8.12. The van der Waals surface area contributed by atoms with Crippen LogP contribution in [0.1, 0.15) is 32.1 Å². The van der Waals surface area contributed by atoms with Gasteiger partial charge in [-0.1, -0.05) is 51.7 Å². The molecule has 0 aromatic heterocycles. The SMILES string of the molecule is O=C(COC(=O)CCCC[C@@H]1CCSS1)Nc1ccccc1Cl. The molecule has 0 aliphatic carbocycles. The van der Waals surface area contributed by atoms with E-state index in [-0.39, 0.29) is 18.5 Å². The Hall–Kier alpha value is -0.850. The van der Waals surface area contributed by atoms with Gasteiger partial charge in [-0.15, -0.1) is 0 Å². The topological polar surface area (TPSA) is 55.4 Å². The number of para-hydroxylation sites is 1. The van der Waals surface area contributed by atoms with Gasteiger partial charge in [-0.25, -0.2) is 0 Å². The van der Waals surface area contributed by atoms with Crippen molar-refractivity contribution in [3.63, 3.8) is 0 Å². The van der Waals surface area contributed by atoms with E-state index in [4.69, 9.17) is 16.3 Å². The molecule has 1 fully saturated rings. The summed E-state index contributed by atoms with van der Waals surface area (Å²) in [6.45, 7) is -0.279. The molecule has 4 nitrogen and oxygen atoms in total. The van der Waals surface area contributed by atoms with Gasteiger partial charge in [-0.3, -0.25) is 9.59 Å². The normalized spacial score (nSPS) is 17.0. The van der Waals surface area contributed by atoms with Crippen molar-refractivity contribution in [2.75, 3.05) is 17.7 Å². The average Bonchev–Trinajstić information content (AvgIpc) is 3.05. The molecule has 0 bridgehead atoms. The monoisotopic (exact) mass is 373 g/mol. The molecule has 1 aromatic carbocycles. The van der Waals surface area contributed by atoms with E-state index in [9.17, 15) is 9.59 Å². The molecule has 1 aliphatic heterocycles. The van der Waals surface area contributed by atoms with Crippen molar-refractivity contribution in [2.45, 2.75) is 37.4 Å². The minimum Gasteiger partial charge on any atom is -0.456 e. The largest absolute Gasteiger partial charge is 0.456 e. The molecule has 1 aliphatic rings. The van der Waals surface area contributed by atoms with Crippen LogP contribution in [-0.2, 0) is 14.3 Å². The number of halogens is 1. The van der Waals surface area contributed by atoms with E-state index in [1.807, 2.05) is 21.6 Å². The number of benzene rings is 1. The maximum absolute atomic E-state index is 11.7. The third-order valence-corrected chi connectivity index (χ3v) is 6.73. The van der Waals surface area contributed by atoms with Gasteiger partial charge in [-0.2, -0.15) is 0 Å². The van der Waals surface area contributed by atoms with Crippen LogP contribution in [0.2, 0.25) is 5.02 Å². The Morgan fingerprint density at radius 3 is 2.87 bits per heavy atom. The highest BCUT2D eigenvalue weighted by Crippen LogP contribution is 2.39. The minimum atomic E-state index is -0.383. The zero-order valence-electron chi connectivity index (χ0n) is 12.8. The van der Waals surface area contributed by atoms with E-state index < -0.39 is 0 Å². The van der Waals surface area contributed by atoms with Crippen LogP contribution in [0.4, 0.5) is 5.69 Å². The quantitative estimate of drug-likeness (QED) is 0.412. The highest BCUT2D eigenvalue weighted by atomic mass is 35.5. The number of nitrogens with one attached hydrogen (secondary N) is 1. The van der Waals surface area contributed by atoms with Gasteiger partial charge in [0.1, 0.15) is 0 Å². The number of carbonyl (C=O) groups is 2. The number of anilines is 1. The van der Waals surface area contributed by atoms with E-state index in [0.717, 1.165) is 24.5 Å². The Balaban J connectivity index is 1.56. The minimum absolute atomic E-state index is 0.279. The molecule has 1 N–H and O–H groups in total. The van der Waals surface area contributed by atoms with Gasteiger partial charge in [0.05, 0.1) is 10.7 Å². The summed E-state index contributed by atoms with van der Waals surface area (Å²) in [6, 6.07) is 6.93. The van der Waals surface area contributed by atoms with Crippen LogP contribution in [0.3, 0.4) is 0 Å². The summed E-state index contributed by atoms with van der Waals surface area (Å²) in [5.41, 5.74) is 0.516. The fourth-order valence-corrected chi connectivity index (χ4v) is 5.38. The fourth-order valence-electron chi connectivity index (χ4n) is 2.17. The summed E-state index contributed by atoms with van der Waals surface area (Å²) in [5.74, 6) is 0.524. The number of hydrogen-bond donors (Lipinski definition) is 1. The number of hydrogen-bond acceptors (Lipinski definition) is 5. The molecule has 1 amide bonds. The van der Waals surface area contributed by atoms with Gasteiger partial charge in [-0.05, 0) is 31.4 Å². The Bertz CT molecular complexity index is 536. The van der Waals surface area contributed by atoms with Crippen LogP contribution in [0.25, 0.3) is 0 Å². The van der Waals surface area contributed by atoms with Crippen LogP contribution >= 0.6 is 33.2 Å². The van der Waals surface area contributed by atoms with Crippen LogP contribution in [0.15, 0.2) is 24.3 Å². The molecule has 1 saturated heterocycles. The molecular weight excluding hydrogens is 354 g/mol. The summed E-state index contributed by atoms with van der Waals surface area (Å²) >= 11 is 5.94. The van der Waals surface area contributed by atoms with Crippen molar-refractivity contribution in [3.05, 3.63) is 29.3 Å². The lowest BCUT2D eigenvalue weighted by molar-refractivity contribution is -0.147. The Morgan fingerprint density at radius 1 is 1.30 bits per heavy atom. The van der Waals surface area contributed by atoms with Gasteiger partial charge in [0.2, 0.25) is 0 Å². The predicted molar refractivity (Wildman–Crippen MR) is 98.0 cm³/mol. The molecule has 126 valence electrons. The second kappa shape index (κ2) is 10.1. The maximum atomic E-state index is 11.7. The van der Waals surface area contributed by atoms with E-state index in [2.05, 4.69) is 5.32 Å². The molecule has 0 unspecified atom stereocenters. The first-order valence-corrected chi connectivity index (χ1v) is 10.4. The second-order valence-electron chi connectivity index (χ2n) is 5.26. The Labute approximate surface area is 149 Å². The third-order valence-electron chi connectivity index (χ3n) is 3.40. The highest BCUT2D eigenvalue weighted by Gasteiger charge is 2.16. The molecule has 7 heteroatoms. The molecule has 1 aromatic rings. The highest BCUT2D eigenvalue weighted by molar-refractivity contribution is 8.77. The van der Waals surface area contributed by atoms with Crippen LogP contribution < -0.4 is 5.32 Å². The number of rotatable bonds is 8. The van der Waals surface area contributed by atoms with Gasteiger partial charge in [0.15, 0.2) is 6.61 Å². The van der Waals surface area contributed by atoms with Crippen molar-refractivity contribution in [2.24, 2.45) is 0 Å². The molecule has 23 heavy (non-hydrogen) atoms. The van der Waals surface area contributed by atoms with Gasteiger partial charge in [0.25, 0.3) is 5.91 Å². The van der Waals surface area contributed by atoms with Crippen LogP contribution in [0, 0.1) is 0 Å². The maximum Gasteiger partial charge on any atom is 0.306 e. The first-order valence-electron chi connectivity index (χ1n) is 7.63. The van der Waals surface area contributed by atoms with E-state index >= 15 is 0 Å². The van der Waals surface area contributed by atoms with Crippen molar-refractivity contribution in [1.29, 1.82) is 0 Å². The standard InChI is InChI=1S/C16H20ClNO3S2/c17-13-6-2-3-7-14(13)18-15(19)11-21-16(20)8-4-1-5-12-9-10-22-23-12/h2-3,6-7,12H,1,4-5,8-11H2,(H,18,19)/t12-/m1/s1. The smallest absolute Gasteiger partial charge is 0.306 e. The van der Waals surface area contributed by atoms with E-state index in [0.29, 0.717) is 17.1 Å². The van der Waals surface area contributed by atoms with Gasteiger partial charge in [0, 0.05) is 17.4 Å². The molecule has 1 atom stereocenters. The number of carbonyl (C=O) groups excluding carboxylic acids is 2. The summed E-state index contributed by atoms with van der Waals surface area (Å²) < 4.78 is 4.98. The first kappa shape index (κ1) is 18.5. The summed E-state index contributed by atoms with van der Waals surface area (Å²) in [4.78, 5) is 23.3. The third kappa shape index (κ3) is 7.06. The molecule has 0 spiro atoms. The lowest BCUT2D eigenvalue weighted by Gasteiger charge is -2.08. The molecule has 1 heterocycles. The predicted octanol–water partition coefficient (Wildman–Crippen LogP) is 4.54. The molecular formula is C16H20ClNO3S2. The van der Waals surface area contributed by atoms with Crippen molar-refractivity contribution >= 4 is 50.8 Å². The number of ether oxygens (including phenoxy) is 1. The number of esters is 1. The fraction of sp³-hybridized carbons (Fsp3) is 0.500. The van der Waals surface area contributed by atoms with Gasteiger partial charge >= 0.3 is 5.97 Å². The summed E-state index contributed by atoms with van der Waals surface area (Å²) in [7, 11) is 3.88. The van der Waals surface area contributed by atoms with Crippen molar-refractivity contribution in [3.8, 4) is 0 Å². The van der Waals surface area contributed by atoms with Crippen molar-refractivity contribution in [1.82, 2.24) is 0 Å². The lowest BCUT2D eigenvalue weighted by atomic mass is 10.1. The zero-order valence-corrected chi connectivity index (χ0v) is 15.1. The molecule has 2 rings (SSSR count). The number of unbranched alkanes of at least 4 members (excludes halogenated alkanes) is 1. The van der Waals surface area contributed by atoms with E-state index in [1.54, 1.807) is 24.3 Å². The second-order valence-corrected chi connectivity index (χ2v) is 8.46. The lowest BCUT2D eigenvalue weighted by Crippen LogP contribution is -2.21. The van der Waals surface area contributed by atoms with Gasteiger partial charge < -0.3 is 10.1 Å². The van der Waals surface area contributed by atoms with E-state index in [1.165, 1.54) is 12.2 Å². The summed E-state index contributed by atoms with van der Waals surface area (Å²) in [5, 5.41) is 3.80. The number of amides is 1. The summed E-state index contributed by atoms with van der Waals surface area (Å²) in [6.07, 6.45) is 4.62. The Morgan fingerprint density at radius 2 is 2.13 bits per heavy atom. The van der Waals surface area contributed by atoms with Crippen molar-refractivity contribution < 1.29 is 14.3 Å². The zero-order chi connectivity index (χ0) is 16.5.